The largest absolute Gasteiger partial charge is 0.480 e. The molecule has 0 saturated carbocycles. The summed E-state index contributed by atoms with van der Waals surface area (Å²) in [4.78, 5) is 10.7. The number of furan rings is 1. The first-order chi connectivity index (χ1) is 8.97. The Hall–Kier alpha value is -2.37. The lowest BCUT2D eigenvalue weighted by Crippen LogP contribution is -2.03. The summed E-state index contributed by atoms with van der Waals surface area (Å²) in [6, 6.07) is 5.62. The maximum atomic E-state index is 13.4. The van der Waals surface area contributed by atoms with Gasteiger partial charge in [-0.3, -0.25) is 0 Å². The van der Waals surface area contributed by atoms with E-state index in [-0.39, 0.29) is 17.3 Å². The number of halogens is 2. The van der Waals surface area contributed by atoms with Gasteiger partial charge >= 0.3 is 5.97 Å². The molecular formula is C13H10F2O4. The van der Waals surface area contributed by atoms with E-state index in [1.165, 1.54) is 12.1 Å². The minimum absolute atomic E-state index is 0.137. The van der Waals surface area contributed by atoms with Gasteiger partial charge in [0, 0.05) is 6.07 Å². The molecule has 1 unspecified atom stereocenters. The predicted molar refractivity (Wildman–Crippen MR) is 61.1 cm³/mol. The van der Waals surface area contributed by atoms with Crippen molar-refractivity contribution in [2.45, 2.75) is 13.0 Å². The van der Waals surface area contributed by atoms with Crippen molar-refractivity contribution in [1.82, 2.24) is 0 Å². The van der Waals surface area contributed by atoms with E-state index in [9.17, 15) is 13.6 Å². The number of hydrogen-bond donors (Lipinski definition) is 1. The van der Waals surface area contributed by atoms with Crippen LogP contribution < -0.4 is 4.74 Å². The Balaban J connectivity index is 2.15. The number of aromatic carboxylic acids is 1. The van der Waals surface area contributed by atoms with Crippen LogP contribution in [0.1, 0.15) is 29.3 Å². The zero-order chi connectivity index (χ0) is 14.0. The lowest BCUT2D eigenvalue weighted by Gasteiger charge is -2.12. The molecule has 1 heterocycles. The molecule has 1 atom stereocenters. The van der Waals surface area contributed by atoms with Crippen molar-refractivity contribution in [3.63, 3.8) is 0 Å². The molecule has 0 aliphatic rings. The molecule has 0 amide bonds. The molecule has 0 saturated heterocycles. The van der Waals surface area contributed by atoms with E-state index in [1.54, 1.807) is 6.92 Å². The second-order valence-electron chi connectivity index (χ2n) is 3.84. The smallest absolute Gasteiger partial charge is 0.371 e. The van der Waals surface area contributed by atoms with Gasteiger partial charge in [0.25, 0.3) is 0 Å². The van der Waals surface area contributed by atoms with Crippen LogP contribution in [0.15, 0.2) is 34.7 Å². The van der Waals surface area contributed by atoms with Crippen molar-refractivity contribution in [1.29, 1.82) is 0 Å². The van der Waals surface area contributed by atoms with Gasteiger partial charge in [0.2, 0.25) is 5.76 Å². The maximum Gasteiger partial charge on any atom is 0.371 e. The fourth-order valence-corrected chi connectivity index (χ4v) is 1.51. The third-order valence-electron chi connectivity index (χ3n) is 2.44. The molecule has 2 aromatic rings. The predicted octanol–water partition coefficient (Wildman–Crippen LogP) is 3.40. The van der Waals surface area contributed by atoms with Crippen LogP contribution in [0.25, 0.3) is 0 Å². The van der Waals surface area contributed by atoms with Crippen LogP contribution in [0, 0.1) is 11.6 Å². The molecule has 0 bridgehead atoms. The highest BCUT2D eigenvalue weighted by Crippen LogP contribution is 2.26. The lowest BCUT2D eigenvalue weighted by atomic mass is 10.3. The molecule has 1 aromatic carbocycles. The molecule has 6 heteroatoms. The van der Waals surface area contributed by atoms with Gasteiger partial charge < -0.3 is 14.3 Å². The summed E-state index contributed by atoms with van der Waals surface area (Å²) in [5, 5.41) is 8.71. The first kappa shape index (κ1) is 13.1. The van der Waals surface area contributed by atoms with Crippen LogP contribution in [0.5, 0.6) is 5.75 Å². The Labute approximate surface area is 107 Å². The Morgan fingerprint density at radius 1 is 1.32 bits per heavy atom. The molecule has 19 heavy (non-hydrogen) atoms. The van der Waals surface area contributed by atoms with E-state index in [2.05, 4.69) is 0 Å². The van der Waals surface area contributed by atoms with E-state index in [4.69, 9.17) is 14.3 Å². The zero-order valence-electron chi connectivity index (χ0n) is 9.89. The molecule has 0 spiro atoms. The van der Waals surface area contributed by atoms with Gasteiger partial charge in [-0.1, -0.05) is 0 Å². The summed E-state index contributed by atoms with van der Waals surface area (Å²) in [6.45, 7) is 1.56. The molecule has 1 N–H and O–H groups in total. The number of rotatable bonds is 4. The lowest BCUT2D eigenvalue weighted by molar-refractivity contribution is 0.0655. The molecule has 4 nitrogen and oxygen atoms in total. The molecule has 0 aliphatic heterocycles. The van der Waals surface area contributed by atoms with Gasteiger partial charge in [-0.2, -0.15) is 0 Å². The van der Waals surface area contributed by atoms with Crippen molar-refractivity contribution < 1.29 is 27.8 Å². The van der Waals surface area contributed by atoms with Gasteiger partial charge in [0.05, 0.1) is 0 Å². The topological polar surface area (TPSA) is 59.7 Å². The Bertz CT molecular complexity index is 606. The SMILES string of the molecule is CC(Oc1ccc(F)cc1F)c1ccc(C(=O)O)o1. The summed E-state index contributed by atoms with van der Waals surface area (Å²) < 4.78 is 36.4. The first-order valence-electron chi connectivity index (χ1n) is 5.42. The van der Waals surface area contributed by atoms with E-state index >= 15 is 0 Å². The number of benzene rings is 1. The van der Waals surface area contributed by atoms with E-state index in [1.807, 2.05) is 0 Å². The fraction of sp³-hybridized carbons (Fsp3) is 0.154. The minimum Gasteiger partial charge on any atom is -0.480 e. The molecule has 0 fully saturated rings. The van der Waals surface area contributed by atoms with Crippen LogP contribution in [-0.2, 0) is 0 Å². The van der Waals surface area contributed by atoms with Gasteiger partial charge in [0.1, 0.15) is 11.6 Å². The quantitative estimate of drug-likeness (QED) is 0.923. The molecule has 0 radical (unpaired) electrons. The molecule has 0 aliphatic carbocycles. The summed E-state index contributed by atoms with van der Waals surface area (Å²) in [5.41, 5.74) is 0. The number of hydrogen-bond acceptors (Lipinski definition) is 3. The standard InChI is InChI=1S/C13H10F2O4/c1-7(10-4-5-12(19-10)13(16)17)18-11-3-2-8(14)6-9(11)15/h2-7H,1H3,(H,16,17). The molecule has 100 valence electrons. The number of carboxylic acids is 1. The fourth-order valence-electron chi connectivity index (χ4n) is 1.51. The van der Waals surface area contributed by atoms with E-state index < -0.39 is 23.7 Å². The highest BCUT2D eigenvalue weighted by atomic mass is 19.1. The van der Waals surface area contributed by atoms with Crippen molar-refractivity contribution in [2.75, 3.05) is 0 Å². The zero-order valence-corrected chi connectivity index (χ0v) is 9.89. The van der Waals surface area contributed by atoms with E-state index in [0.717, 1.165) is 12.1 Å². The molecule has 2 rings (SSSR count). The van der Waals surface area contributed by atoms with Gasteiger partial charge in [0.15, 0.2) is 17.7 Å². The minimum atomic E-state index is -1.20. The van der Waals surface area contributed by atoms with Crippen LogP contribution in [0.4, 0.5) is 8.78 Å². The third-order valence-corrected chi connectivity index (χ3v) is 2.44. The van der Waals surface area contributed by atoms with Crippen molar-refractivity contribution in [3.05, 3.63) is 53.5 Å². The van der Waals surface area contributed by atoms with Crippen LogP contribution in [0.2, 0.25) is 0 Å². The second-order valence-corrected chi connectivity index (χ2v) is 3.84. The first-order valence-corrected chi connectivity index (χ1v) is 5.42. The van der Waals surface area contributed by atoms with E-state index in [0.29, 0.717) is 6.07 Å². The molecule has 1 aromatic heterocycles. The highest BCUT2D eigenvalue weighted by Gasteiger charge is 2.17. The van der Waals surface area contributed by atoms with Crippen LogP contribution >= 0.6 is 0 Å². The number of carbonyl (C=O) groups is 1. The monoisotopic (exact) mass is 268 g/mol. The van der Waals surface area contributed by atoms with Crippen molar-refractivity contribution in [2.24, 2.45) is 0 Å². The van der Waals surface area contributed by atoms with Crippen molar-refractivity contribution in [3.8, 4) is 5.75 Å². The summed E-state index contributed by atoms with van der Waals surface area (Å²) in [5.74, 6) is -2.87. The Kier molecular flexibility index (Phi) is 3.50. The normalized spacial score (nSPS) is 12.2. The van der Waals surface area contributed by atoms with Gasteiger partial charge in [-0.25, -0.2) is 13.6 Å². The summed E-state index contributed by atoms with van der Waals surface area (Å²) in [6.07, 6.45) is -0.701. The second kappa shape index (κ2) is 5.09. The average molecular weight is 268 g/mol. The molecular weight excluding hydrogens is 258 g/mol. The summed E-state index contributed by atoms with van der Waals surface area (Å²) >= 11 is 0. The Morgan fingerprint density at radius 2 is 2.05 bits per heavy atom. The van der Waals surface area contributed by atoms with Gasteiger partial charge in [-0.05, 0) is 31.2 Å². The Morgan fingerprint density at radius 3 is 2.63 bits per heavy atom. The number of carboxylic acid groups (broad SMARTS) is 1. The van der Waals surface area contributed by atoms with Gasteiger partial charge in [-0.15, -0.1) is 0 Å². The van der Waals surface area contributed by atoms with Crippen molar-refractivity contribution >= 4 is 5.97 Å². The number of ether oxygens (including phenoxy) is 1. The maximum absolute atomic E-state index is 13.4. The van der Waals surface area contributed by atoms with Crippen LogP contribution in [0.3, 0.4) is 0 Å². The van der Waals surface area contributed by atoms with Crippen LogP contribution in [-0.4, -0.2) is 11.1 Å². The summed E-state index contributed by atoms with van der Waals surface area (Å²) in [7, 11) is 0. The average Bonchev–Trinajstić information content (AvgIpc) is 2.82. The highest BCUT2D eigenvalue weighted by molar-refractivity contribution is 5.84. The third kappa shape index (κ3) is 2.90.